The predicted molar refractivity (Wildman–Crippen MR) is 130 cm³/mol. The smallest absolute Gasteiger partial charge is 0.261 e. The Balaban J connectivity index is 1.38. The van der Waals surface area contributed by atoms with Gasteiger partial charge in [0.2, 0.25) is 0 Å². The first-order chi connectivity index (χ1) is 16.3. The summed E-state index contributed by atoms with van der Waals surface area (Å²) in [6.07, 6.45) is 1.08. The molecular weight excluding hydrogens is 454 g/mol. The van der Waals surface area contributed by atoms with Crippen LogP contribution in [0.5, 0.6) is 0 Å². The van der Waals surface area contributed by atoms with Crippen LogP contribution in [0.1, 0.15) is 28.8 Å². The highest BCUT2D eigenvalue weighted by Gasteiger charge is 2.23. The maximum Gasteiger partial charge on any atom is 0.261 e. The Morgan fingerprint density at radius 1 is 0.882 bits per heavy atom. The summed E-state index contributed by atoms with van der Waals surface area (Å²) in [5.74, 6) is -0.583. The van der Waals surface area contributed by atoms with E-state index < -0.39 is 16.1 Å². The summed E-state index contributed by atoms with van der Waals surface area (Å²) in [5, 5.41) is 5.55. The number of sulfonamides is 1. The number of amides is 2. The van der Waals surface area contributed by atoms with Crippen molar-refractivity contribution in [3.8, 4) is 0 Å². The second-order valence-corrected chi connectivity index (χ2v) is 9.70. The first-order valence-corrected chi connectivity index (χ1v) is 12.3. The fourth-order valence-corrected chi connectivity index (χ4v) is 4.56. The van der Waals surface area contributed by atoms with Crippen molar-refractivity contribution >= 4 is 38.9 Å². The number of carbonyl (C=O) groups excluding carboxylic acids is 2. The van der Waals surface area contributed by atoms with Crippen LogP contribution in [0, 0.1) is 6.92 Å². The molecule has 3 N–H and O–H groups in total. The second kappa shape index (κ2) is 10.1. The molecule has 176 valence electrons. The fraction of sp³-hybridized carbons (Fsp3) is 0.200. The van der Waals surface area contributed by atoms with E-state index in [0.717, 1.165) is 12.0 Å². The monoisotopic (exact) mass is 479 g/mol. The molecule has 0 spiro atoms. The van der Waals surface area contributed by atoms with Gasteiger partial charge in [-0.15, -0.1) is 0 Å². The summed E-state index contributed by atoms with van der Waals surface area (Å²) in [5.41, 5.74) is 2.72. The van der Waals surface area contributed by atoms with Crippen LogP contribution in [0.15, 0.2) is 77.7 Å². The van der Waals surface area contributed by atoms with Gasteiger partial charge in [0.1, 0.15) is 6.10 Å². The summed E-state index contributed by atoms with van der Waals surface area (Å²) in [4.78, 5) is 25.1. The summed E-state index contributed by atoms with van der Waals surface area (Å²) in [6.45, 7) is 2.46. The average Bonchev–Trinajstić information content (AvgIpc) is 3.36. The third-order valence-corrected chi connectivity index (χ3v) is 6.74. The Hall–Kier alpha value is -3.69. The quantitative estimate of drug-likeness (QED) is 0.471. The third-order valence-electron chi connectivity index (χ3n) is 5.34. The van der Waals surface area contributed by atoms with Crippen LogP contribution in [0.4, 0.5) is 17.1 Å². The number of aryl methyl sites for hydroxylation is 1. The molecule has 0 bridgehead atoms. The van der Waals surface area contributed by atoms with Gasteiger partial charge in [-0.3, -0.25) is 14.3 Å². The van der Waals surface area contributed by atoms with E-state index in [1.807, 2.05) is 6.92 Å². The van der Waals surface area contributed by atoms with Gasteiger partial charge in [0.15, 0.2) is 0 Å². The summed E-state index contributed by atoms with van der Waals surface area (Å²) >= 11 is 0. The van der Waals surface area contributed by atoms with Crippen LogP contribution in [-0.4, -0.2) is 32.9 Å². The molecule has 1 heterocycles. The number of hydrogen-bond acceptors (Lipinski definition) is 5. The van der Waals surface area contributed by atoms with Crippen molar-refractivity contribution in [3.05, 3.63) is 83.9 Å². The van der Waals surface area contributed by atoms with Crippen LogP contribution in [0.25, 0.3) is 0 Å². The Labute approximate surface area is 198 Å². The minimum absolute atomic E-state index is 0.168. The van der Waals surface area contributed by atoms with Crippen molar-refractivity contribution in [2.45, 2.75) is 30.8 Å². The molecule has 9 heteroatoms. The average molecular weight is 480 g/mol. The van der Waals surface area contributed by atoms with E-state index >= 15 is 0 Å². The highest BCUT2D eigenvalue weighted by Crippen LogP contribution is 2.20. The van der Waals surface area contributed by atoms with E-state index in [1.54, 1.807) is 72.8 Å². The molecule has 0 aromatic heterocycles. The lowest BCUT2D eigenvalue weighted by Gasteiger charge is -2.12. The van der Waals surface area contributed by atoms with Gasteiger partial charge < -0.3 is 15.4 Å². The van der Waals surface area contributed by atoms with E-state index in [9.17, 15) is 18.0 Å². The second-order valence-electron chi connectivity index (χ2n) is 8.02. The van der Waals surface area contributed by atoms with E-state index in [1.165, 1.54) is 0 Å². The lowest BCUT2D eigenvalue weighted by Crippen LogP contribution is -2.27. The Bertz CT molecular complexity index is 1280. The maximum absolute atomic E-state index is 12.7. The van der Waals surface area contributed by atoms with Gasteiger partial charge in [-0.2, -0.15) is 0 Å². The lowest BCUT2D eigenvalue weighted by atomic mass is 10.1. The predicted octanol–water partition coefficient (Wildman–Crippen LogP) is 4.17. The normalized spacial score (nSPS) is 15.5. The molecule has 1 unspecified atom stereocenters. The zero-order chi connectivity index (χ0) is 24.1. The van der Waals surface area contributed by atoms with Gasteiger partial charge in [0, 0.05) is 29.2 Å². The number of ether oxygens (including phenoxy) is 1. The molecule has 3 aromatic carbocycles. The van der Waals surface area contributed by atoms with Crippen molar-refractivity contribution in [1.82, 2.24) is 0 Å². The first kappa shape index (κ1) is 23.5. The van der Waals surface area contributed by atoms with Crippen molar-refractivity contribution in [3.63, 3.8) is 0 Å². The number of carbonyl (C=O) groups is 2. The number of anilines is 3. The van der Waals surface area contributed by atoms with Crippen molar-refractivity contribution in [2.24, 2.45) is 0 Å². The number of benzene rings is 3. The molecule has 3 aromatic rings. The fourth-order valence-electron chi connectivity index (χ4n) is 3.50. The zero-order valence-electron chi connectivity index (χ0n) is 18.6. The van der Waals surface area contributed by atoms with Gasteiger partial charge in [-0.05, 0) is 74.4 Å². The molecule has 1 aliphatic rings. The van der Waals surface area contributed by atoms with Crippen LogP contribution in [0.3, 0.4) is 0 Å². The third kappa shape index (κ3) is 5.81. The topological polar surface area (TPSA) is 114 Å². The van der Waals surface area contributed by atoms with Gasteiger partial charge in [-0.25, -0.2) is 8.42 Å². The van der Waals surface area contributed by atoms with Crippen molar-refractivity contribution in [2.75, 3.05) is 22.0 Å². The molecule has 0 saturated carbocycles. The van der Waals surface area contributed by atoms with Gasteiger partial charge in [0.25, 0.3) is 21.8 Å². The molecule has 1 atom stereocenters. The number of rotatable bonds is 7. The number of hydrogen-bond donors (Lipinski definition) is 3. The molecule has 4 rings (SSSR count). The summed E-state index contributed by atoms with van der Waals surface area (Å²) in [7, 11) is -3.71. The highest BCUT2D eigenvalue weighted by atomic mass is 32.2. The largest absolute Gasteiger partial charge is 0.368 e. The molecule has 1 aliphatic heterocycles. The first-order valence-electron chi connectivity index (χ1n) is 10.8. The van der Waals surface area contributed by atoms with Crippen LogP contribution >= 0.6 is 0 Å². The van der Waals surface area contributed by atoms with E-state index in [-0.39, 0.29) is 16.7 Å². The summed E-state index contributed by atoms with van der Waals surface area (Å²) < 4.78 is 33.0. The Kier molecular flexibility index (Phi) is 6.95. The standard InChI is InChI=1S/C25H25N3O5S/c1-17-7-13-22(14-8-17)34(31,32)28-20-11-9-19(10-12-20)26-24(29)18-4-2-5-21(16-18)27-25(30)23-6-3-15-33-23/h2,4-5,7-14,16,23,28H,3,6,15H2,1H3,(H,26,29)(H,27,30). The van der Waals surface area contributed by atoms with Crippen LogP contribution in [-0.2, 0) is 19.6 Å². The molecule has 0 aliphatic carbocycles. The van der Waals surface area contributed by atoms with Crippen molar-refractivity contribution < 1.29 is 22.7 Å². The van der Waals surface area contributed by atoms with Gasteiger partial charge in [-0.1, -0.05) is 23.8 Å². The molecule has 8 nitrogen and oxygen atoms in total. The van der Waals surface area contributed by atoms with Crippen LogP contribution < -0.4 is 15.4 Å². The van der Waals surface area contributed by atoms with Crippen LogP contribution in [0.2, 0.25) is 0 Å². The molecular formula is C25H25N3O5S. The van der Waals surface area contributed by atoms with Gasteiger partial charge in [0.05, 0.1) is 4.90 Å². The maximum atomic E-state index is 12.7. The zero-order valence-corrected chi connectivity index (χ0v) is 19.4. The molecule has 2 amide bonds. The minimum atomic E-state index is -3.71. The molecule has 1 saturated heterocycles. The minimum Gasteiger partial charge on any atom is -0.368 e. The molecule has 1 fully saturated rings. The highest BCUT2D eigenvalue weighted by molar-refractivity contribution is 7.92. The van der Waals surface area contributed by atoms with E-state index in [2.05, 4.69) is 15.4 Å². The van der Waals surface area contributed by atoms with E-state index in [0.29, 0.717) is 35.7 Å². The Morgan fingerprint density at radius 2 is 1.59 bits per heavy atom. The lowest BCUT2D eigenvalue weighted by molar-refractivity contribution is -0.124. The SMILES string of the molecule is Cc1ccc(S(=O)(=O)Nc2ccc(NC(=O)c3cccc(NC(=O)C4CCCO4)c3)cc2)cc1. The van der Waals surface area contributed by atoms with Gasteiger partial charge >= 0.3 is 0 Å². The molecule has 0 radical (unpaired) electrons. The molecule has 34 heavy (non-hydrogen) atoms. The van der Waals surface area contributed by atoms with E-state index in [4.69, 9.17) is 4.74 Å². The Morgan fingerprint density at radius 3 is 2.26 bits per heavy atom. The number of nitrogens with one attached hydrogen (secondary N) is 3. The summed E-state index contributed by atoms with van der Waals surface area (Å²) in [6, 6.07) is 19.5. The van der Waals surface area contributed by atoms with Crippen molar-refractivity contribution in [1.29, 1.82) is 0 Å².